The quantitative estimate of drug-likeness (QED) is 0.515. The summed E-state index contributed by atoms with van der Waals surface area (Å²) in [6.07, 6.45) is 10.1. The molecule has 5 rings (SSSR count). The summed E-state index contributed by atoms with van der Waals surface area (Å²) in [5.41, 5.74) is 5.18. The molecule has 1 aliphatic rings. The molecule has 7 heteroatoms. The highest BCUT2D eigenvalue weighted by molar-refractivity contribution is 5.88. The fourth-order valence-electron chi connectivity index (χ4n) is 3.38. The maximum absolute atomic E-state index is 4.73. The van der Waals surface area contributed by atoms with E-state index in [1.54, 1.807) is 6.20 Å². The van der Waals surface area contributed by atoms with Gasteiger partial charge in [-0.1, -0.05) is 6.07 Å². The predicted octanol–water partition coefficient (Wildman–Crippen LogP) is 4.30. The maximum atomic E-state index is 4.73. The molecule has 0 unspecified atom stereocenters. The summed E-state index contributed by atoms with van der Waals surface area (Å²) in [6, 6.07) is 8.22. The van der Waals surface area contributed by atoms with Crippen LogP contribution in [0.25, 0.3) is 22.0 Å². The summed E-state index contributed by atoms with van der Waals surface area (Å²) in [5.74, 6) is 2.16. The summed E-state index contributed by atoms with van der Waals surface area (Å²) in [7, 11) is 1.92. The average Bonchev–Trinajstić information content (AvgIpc) is 3.46. The van der Waals surface area contributed by atoms with Crippen LogP contribution in [0.4, 0.5) is 17.5 Å². The third-order valence-electron chi connectivity index (χ3n) is 5.27. The van der Waals surface area contributed by atoms with Crippen LogP contribution in [0.1, 0.15) is 18.4 Å². The fourth-order valence-corrected chi connectivity index (χ4v) is 3.38. The van der Waals surface area contributed by atoms with Crippen LogP contribution < -0.4 is 10.6 Å². The molecule has 0 saturated heterocycles. The number of pyridine rings is 1. The van der Waals surface area contributed by atoms with Crippen molar-refractivity contribution in [3.8, 4) is 11.1 Å². The third-order valence-corrected chi connectivity index (χ3v) is 5.27. The average molecular weight is 385 g/mol. The molecule has 0 bridgehead atoms. The minimum Gasteiger partial charge on any atom is -0.368 e. The van der Waals surface area contributed by atoms with E-state index in [0.717, 1.165) is 51.6 Å². The van der Waals surface area contributed by atoms with Crippen LogP contribution in [0.15, 0.2) is 49.1 Å². The second kappa shape index (κ2) is 7.16. The number of aryl methyl sites for hydroxylation is 2. The van der Waals surface area contributed by atoms with Gasteiger partial charge in [-0.15, -0.1) is 0 Å². The van der Waals surface area contributed by atoms with Gasteiger partial charge in [-0.3, -0.25) is 4.68 Å². The van der Waals surface area contributed by atoms with Crippen molar-refractivity contribution in [2.75, 3.05) is 17.2 Å². The lowest BCUT2D eigenvalue weighted by Crippen LogP contribution is -2.07. The van der Waals surface area contributed by atoms with Crippen LogP contribution >= 0.6 is 0 Å². The molecular weight excluding hydrogens is 362 g/mol. The molecule has 1 aliphatic carbocycles. The number of benzene rings is 1. The molecule has 3 aromatic heterocycles. The number of hydrogen-bond donors (Lipinski definition) is 2. The van der Waals surface area contributed by atoms with Crippen molar-refractivity contribution < 1.29 is 0 Å². The van der Waals surface area contributed by atoms with Gasteiger partial charge in [0.1, 0.15) is 5.52 Å². The lowest BCUT2D eigenvalue weighted by Gasteiger charge is -2.11. The van der Waals surface area contributed by atoms with Gasteiger partial charge in [0.2, 0.25) is 5.95 Å². The van der Waals surface area contributed by atoms with Gasteiger partial charge < -0.3 is 10.6 Å². The van der Waals surface area contributed by atoms with Gasteiger partial charge in [0.25, 0.3) is 0 Å². The van der Waals surface area contributed by atoms with Crippen LogP contribution in [0.3, 0.4) is 0 Å². The van der Waals surface area contributed by atoms with Gasteiger partial charge in [-0.2, -0.15) is 5.10 Å². The zero-order valence-electron chi connectivity index (χ0n) is 16.6. The van der Waals surface area contributed by atoms with E-state index in [1.165, 1.54) is 12.8 Å². The monoisotopic (exact) mass is 385 g/mol. The number of nitrogens with zero attached hydrogens (tertiary/aromatic N) is 5. The number of hydrogen-bond acceptors (Lipinski definition) is 6. The molecule has 0 amide bonds. The van der Waals surface area contributed by atoms with Gasteiger partial charge in [0.15, 0.2) is 5.82 Å². The Morgan fingerprint density at radius 1 is 1.10 bits per heavy atom. The van der Waals surface area contributed by atoms with E-state index in [2.05, 4.69) is 50.8 Å². The minimum atomic E-state index is 0.567. The van der Waals surface area contributed by atoms with Crippen LogP contribution in [-0.4, -0.2) is 31.3 Å². The highest BCUT2D eigenvalue weighted by atomic mass is 15.2. The van der Waals surface area contributed by atoms with Crippen molar-refractivity contribution in [3.05, 3.63) is 54.6 Å². The smallest absolute Gasteiger partial charge is 0.227 e. The minimum absolute atomic E-state index is 0.567. The largest absolute Gasteiger partial charge is 0.368 e. The first kappa shape index (κ1) is 17.6. The number of aromatic nitrogens is 5. The molecule has 29 heavy (non-hydrogen) atoms. The number of fused-ring (bicyclic) bond motifs is 1. The highest BCUT2D eigenvalue weighted by Crippen LogP contribution is 2.30. The second-order valence-corrected chi connectivity index (χ2v) is 7.67. The molecule has 0 radical (unpaired) electrons. The Morgan fingerprint density at radius 2 is 2.00 bits per heavy atom. The number of anilines is 3. The predicted molar refractivity (Wildman–Crippen MR) is 115 cm³/mol. The molecule has 7 nitrogen and oxygen atoms in total. The Hall–Kier alpha value is -3.48. The van der Waals surface area contributed by atoms with E-state index < -0.39 is 0 Å². The van der Waals surface area contributed by atoms with Gasteiger partial charge in [-0.25, -0.2) is 15.0 Å². The standard InChI is InChI=1S/C22H23N7/c1-14-9-16(18-12-26-29(2)13-18)5-6-19(14)27-22-25-11-17-7-8-23-21(20(17)28-22)24-10-15-3-4-15/h5-9,11-13,15H,3-4,10H2,1-2H3,(H,23,24)(H,25,27,28). The van der Waals surface area contributed by atoms with Crippen molar-refractivity contribution in [1.82, 2.24) is 24.7 Å². The summed E-state index contributed by atoms with van der Waals surface area (Å²) in [6.45, 7) is 3.03. The summed E-state index contributed by atoms with van der Waals surface area (Å²) in [5, 5.41) is 12.0. The van der Waals surface area contributed by atoms with Gasteiger partial charge in [-0.05, 0) is 55.0 Å². The molecule has 0 atom stereocenters. The van der Waals surface area contributed by atoms with Gasteiger partial charge in [0, 0.05) is 48.8 Å². The molecule has 1 fully saturated rings. The zero-order chi connectivity index (χ0) is 19.8. The van der Waals surface area contributed by atoms with Crippen molar-refractivity contribution in [1.29, 1.82) is 0 Å². The second-order valence-electron chi connectivity index (χ2n) is 7.67. The van der Waals surface area contributed by atoms with Crippen LogP contribution in [-0.2, 0) is 7.05 Å². The SMILES string of the molecule is Cc1cc(-c2cnn(C)c2)ccc1Nc1ncc2ccnc(NCC3CC3)c2n1. The molecular formula is C22H23N7. The van der Waals surface area contributed by atoms with Crippen LogP contribution in [0, 0.1) is 12.8 Å². The normalized spacial score (nSPS) is 13.6. The Morgan fingerprint density at radius 3 is 2.76 bits per heavy atom. The van der Waals surface area contributed by atoms with E-state index in [4.69, 9.17) is 4.98 Å². The molecule has 1 saturated carbocycles. The van der Waals surface area contributed by atoms with Gasteiger partial charge in [0.05, 0.1) is 6.20 Å². The van der Waals surface area contributed by atoms with E-state index >= 15 is 0 Å². The first-order valence-corrected chi connectivity index (χ1v) is 9.88. The third kappa shape index (κ3) is 3.76. The van der Waals surface area contributed by atoms with Crippen molar-refractivity contribution >= 4 is 28.4 Å². The van der Waals surface area contributed by atoms with Gasteiger partial charge >= 0.3 is 0 Å². The summed E-state index contributed by atoms with van der Waals surface area (Å²) in [4.78, 5) is 13.7. The highest BCUT2D eigenvalue weighted by Gasteiger charge is 2.21. The Labute approximate surface area is 169 Å². The topological polar surface area (TPSA) is 80.5 Å². The van der Waals surface area contributed by atoms with Crippen molar-refractivity contribution in [2.45, 2.75) is 19.8 Å². The number of rotatable bonds is 6. The Balaban J connectivity index is 1.41. The molecule has 0 spiro atoms. The van der Waals surface area contributed by atoms with E-state index in [0.29, 0.717) is 5.95 Å². The molecule has 146 valence electrons. The maximum Gasteiger partial charge on any atom is 0.227 e. The van der Waals surface area contributed by atoms with Crippen LogP contribution in [0.2, 0.25) is 0 Å². The molecule has 3 heterocycles. The fraction of sp³-hybridized carbons (Fsp3) is 0.273. The zero-order valence-corrected chi connectivity index (χ0v) is 16.6. The molecule has 1 aromatic carbocycles. The molecule has 2 N–H and O–H groups in total. The summed E-state index contributed by atoms with van der Waals surface area (Å²) < 4.78 is 1.81. The first-order valence-electron chi connectivity index (χ1n) is 9.88. The lowest BCUT2D eigenvalue weighted by molar-refractivity contribution is 0.768. The van der Waals surface area contributed by atoms with E-state index in [-0.39, 0.29) is 0 Å². The number of nitrogens with one attached hydrogen (secondary N) is 2. The van der Waals surface area contributed by atoms with E-state index in [1.807, 2.05) is 36.4 Å². The van der Waals surface area contributed by atoms with Crippen LogP contribution in [0.5, 0.6) is 0 Å². The first-order chi connectivity index (χ1) is 14.2. The Bertz CT molecular complexity index is 1180. The van der Waals surface area contributed by atoms with E-state index in [9.17, 15) is 0 Å². The Kier molecular flexibility index (Phi) is 4.35. The molecule has 4 aromatic rings. The molecule has 0 aliphatic heterocycles. The summed E-state index contributed by atoms with van der Waals surface area (Å²) >= 11 is 0. The van der Waals surface area contributed by atoms with Crippen molar-refractivity contribution in [2.24, 2.45) is 13.0 Å². The lowest BCUT2D eigenvalue weighted by atomic mass is 10.1. The van der Waals surface area contributed by atoms with Crippen molar-refractivity contribution in [3.63, 3.8) is 0 Å².